The number of rotatable bonds is 9. The number of nitrogens with one attached hydrogen (secondary N) is 1. The highest BCUT2D eigenvalue weighted by Crippen LogP contribution is 2.29. The highest BCUT2D eigenvalue weighted by atomic mass is 16.5. The molecule has 0 bridgehead atoms. The molecular formula is C24H25NO5. The number of carbonyl (C=O) groups excluding carboxylic acids is 1. The van der Waals surface area contributed by atoms with Crippen molar-refractivity contribution in [2.45, 2.75) is 13.2 Å². The van der Waals surface area contributed by atoms with Gasteiger partial charge in [-0.25, -0.2) is 0 Å². The zero-order valence-corrected chi connectivity index (χ0v) is 17.3. The molecule has 0 fully saturated rings. The monoisotopic (exact) mass is 407 g/mol. The lowest BCUT2D eigenvalue weighted by molar-refractivity contribution is 0.0947. The lowest BCUT2D eigenvalue weighted by Gasteiger charge is -2.14. The van der Waals surface area contributed by atoms with Crippen LogP contribution in [0.25, 0.3) is 0 Å². The molecule has 0 aliphatic carbocycles. The van der Waals surface area contributed by atoms with Gasteiger partial charge in [0, 0.05) is 6.54 Å². The first-order chi connectivity index (χ1) is 14.6. The minimum Gasteiger partial charge on any atom is -0.497 e. The predicted octanol–water partition coefficient (Wildman–Crippen LogP) is 4.22. The van der Waals surface area contributed by atoms with Crippen molar-refractivity contribution in [3.63, 3.8) is 0 Å². The fourth-order valence-corrected chi connectivity index (χ4v) is 2.95. The average Bonchev–Trinajstić information content (AvgIpc) is 2.81. The Kier molecular flexibility index (Phi) is 7.16. The van der Waals surface area contributed by atoms with Crippen LogP contribution in [-0.2, 0) is 13.2 Å². The molecule has 0 aliphatic heterocycles. The molecule has 1 N–H and O–H groups in total. The molecule has 0 heterocycles. The van der Waals surface area contributed by atoms with Crippen molar-refractivity contribution in [3.05, 3.63) is 83.4 Å². The van der Waals surface area contributed by atoms with Crippen LogP contribution in [0.3, 0.4) is 0 Å². The van der Waals surface area contributed by atoms with Gasteiger partial charge in [0.15, 0.2) is 11.5 Å². The number of carbonyl (C=O) groups is 1. The molecule has 0 aromatic heterocycles. The first-order valence-corrected chi connectivity index (χ1v) is 9.48. The third-order valence-corrected chi connectivity index (χ3v) is 4.57. The van der Waals surface area contributed by atoms with E-state index in [1.807, 2.05) is 48.5 Å². The maximum Gasteiger partial charge on any atom is 0.255 e. The third-order valence-electron chi connectivity index (χ3n) is 4.57. The maximum atomic E-state index is 12.6. The van der Waals surface area contributed by atoms with Crippen LogP contribution in [0.1, 0.15) is 21.5 Å². The summed E-state index contributed by atoms with van der Waals surface area (Å²) in [4.78, 5) is 12.6. The van der Waals surface area contributed by atoms with Gasteiger partial charge in [0.25, 0.3) is 5.91 Å². The van der Waals surface area contributed by atoms with Crippen LogP contribution in [0.15, 0.2) is 66.7 Å². The molecule has 3 rings (SSSR count). The Morgan fingerprint density at radius 1 is 0.767 bits per heavy atom. The van der Waals surface area contributed by atoms with Crippen LogP contribution in [0.2, 0.25) is 0 Å². The van der Waals surface area contributed by atoms with Crippen LogP contribution in [0, 0.1) is 0 Å². The summed E-state index contributed by atoms with van der Waals surface area (Å²) in [6.45, 7) is 0.775. The van der Waals surface area contributed by atoms with Crippen molar-refractivity contribution >= 4 is 5.91 Å². The maximum absolute atomic E-state index is 12.6. The molecule has 0 unspecified atom stereocenters. The largest absolute Gasteiger partial charge is 0.497 e. The first-order valence-electron chi connectivity index (χ1n) is 9.48. The van der Waals surface area contributed by atoms with Crippen LogP contribution in [-0.4, -0.2) is 27.2 Å². The molecule has 3 aromatic rings. The second-order valence-corrected chi connectivity index (χ2v) is 6.51. The number of benzene rings is 3. The Bertz CT molecular complexity index is 988. The summed E-state index contributed by atoms with van der Waals surface area (Å²) >= 11 is 0. The van der Waals surface area contributed by atoms with Crippen molar-refractivity contribution < 1.29 is 23.7 Å². The number of hydrogen-bond acceptors (Lipinski definition) is 5. The Morgan fingerprint density at radius 2 is 1.50 bits per heavy atom. The summed E-state index contributed by atoms with van der Waals surface area (Å²) in [6.07, 6.45) is 0. The van der Waals surface area contributed by atoms with Crippen molar-refractivity contribution in [2.24, 2.45) is 0 Å². The van der Waals surface area contributed by atoms with E-state index in [1.165, 1.54) is 7.11 Å². The smallest absolute Gasteiger partial charge is 0.255 e. The SMILES string of the molecule is COc1ccc(OC)c(C(=O)NCc2ccc(OCc3ccccc3)c(OC)c2)c1. The van der Waals surface area contributed by atoms with Crippen LogP contribution in [0.4, 0.5) is 0 Å². The van der Waals surface area contributed by atoms with Gasteiger partial charge in [-0.15, -0.1) is 0 Å². The summed E-state index contributed by atoms with van der Waals surface area (Å²) in [5.74, 6) is 2.06. The van der Waals surface area contributed by atoms with E-state index < -0.39 is 0 Å². The molecule has 0 atom stereocenters. The van der Waals surface area contributed by atoms with E-state index in [4.69, 9.17) is 18.9 Å². The lowest BCUT2D eigenvalue weighted by Crippen LogP contribution is -2.23. The quantitative estimate of drug-likeness (QED) is 0.575. The summed E-state index contributed by atoms with van der Waals surface area (Å²) in [6, 6.07) is 20.6. The highest BCUT2D eigenvalue weighted by molar-refractivity contribution is 5.97. The van der Waals surface area contributed by atoms with Gasteiger partial charge in [0.1, 0.15) is 18.1 Å². The van der Waals surface area contributed by atoms with Crippen LogP contribution < -0.4 is 24.3 Å². The number of ether oxygens (including phenoxy) is 4. The molecule has 6 nitrogen and oxygen atoms in total. The van der Waals surface area contributed by atoms with Crippen LogP contribution in [0.5, 0.6) is 23.0 Å². The van der Waals surface area contributed by atoms with E-state index in [9.17, 15) is 4.79 Å². The van der Waals surface area contributed by atoms with Gasteiger partial charge in [-0.3, -0.25) is 4.79 Å². The number of methoxy groups -OCH3 is 3. The molecule has 3 aromatic carbocycles. The zero-order valence-electron chi connectivity index (χ0n) is 17.3. The Morgan fingerprint density at radius 3 is 2.20 bits per heavy atom. The zero-order chi connectivity index (χ0) is 21.3. The topological polar surface area (TPSA) is 66.0 Å². The van der Waals surface area contributed by atoms with Crippen LogP contribution >= 0.6 is 0 Å². The minimum atomic E-state index is -0.255. The number of hydrogen-bond donors (Lipinski definition) is 1. The van der Waals surface area contributed by atoms with E-state index in [0.29, 0.717) is 41.7 Å². The summed E-state index contributed by atoms with van der Waals surface area (Å²) in [5.41, 5.74) is 2.36. The molecule has 0 radical (unpaired) electrons. The molecule has 6 heteroatoms. The van der Waals surface area contributed by atoms with Crippen molar-refractivity contribution in [1.82, 2.24) is 5.32 Å². The second kappa shape index (κ2) is 10.2. The predicted molar refractivity (Wildman–Crippen MR) is 114 cm³/mol. The molecule has 0 saturated carbocycles. The van der Waals surface area contributed by atoms with Crippen molar-refractivity contribution in [2.75, 3.05) is 21.3 Å². The van der Waals surface area contributed by atoms with Gasteiger partial charge in [0.05, 0.1) is 26.9 Å². The second-order valence-electron chi connectivity index (χ2n) is 6.51. The van der Waals surface area contributed by atoms with Gasteiger partial charge in [-0.2, -0.15) is 0 Å². The summed E-state index contributed by atoms with van der Waals surface area (Å²) in [7, 11) is 4.67. The fourth-order valence-electron chi connectivity index (χ4n) is 2.95. The Balaban J connectivity index is 1.66. The summed E-state index contributed by atoms with van der Waals surface area (Å²) in [5, 5.41) is 2.90. The van der Waals surface area contributed by atoms with Gasteiger partial charge in [0.2, 0.25) is 0 Å². The highest BCUT2D eigenvalue weighted by Gasteiger charge is 2.14. The summed E-state index contributed by atoms with van der Waals surface area (Å²) < 4.78 is 21.8. The van der Waals surface area contributed by atoms with E-state index in [0.717, 1.165) is 11.1 Å². The van der Waals surface area contributed by atoms with E-state index >= 15 is 0 Å². The molecule has 156 valence electrons. The Labute approximate surface area is 176 Å². The fraction of sp³-hybridized carbons (Fsp3) is 0.208. The van der Waals surface area contributed by atoms with Crippen molar-refractivity contribution in [1.29, 1.82) is 0 Å². The van der Waals surface area contributed by atoms with E-state index in [2.05, 4.69) is 5.32 Å². The van der Waals surface area contributed by atoms with Gasteiger partial charge >= 0.3 is 0 Å². The molecule has 1 amide bonds. The molecule has 0 aliphatic rings. The van der Waals surface area contributed by atoms with E-state index in [1.54, 1.807) is 32.4 Å². The average molecular weight is 407 g/mol. The van der Waals surface area contributed by atoms with Gasteiger partial charge in [-0.1, -0.05) is 36.4 Å². The molecule has 0 spiro atoms. The molecule has 30 heavy (non-hydrogen) atoms. The lowest BCUT2D eigenvalue weighted by atomic mass is 10.1. The standard InChI is InChI=1S/C24H25NO5/c1-27-19-10-12-21(28-2)20(14-19)24(26)25-15-18-9-11-22(23(13-18)29-3)30-16-17-7-5-4-6-8-17/h4-14H,15-16H2,1-3H3,(H,25,26). The molecular weight excluding hydrogens is 382 g/mol. The normalized spacial score (nSPS) is 10.2. The van der Waals surface area contributed by atoms with E-state index in [-0.39, 0.29) is 5.91 Å². The first kappa shape index (κ1) is 21.0. The Hall–Kier alpha value is -3.67. The number of amides is 1. The third kappa shape index (κ3) is 5.23. The molecule has 0 saturated heterocycles. The minimum absolute atomic E-state index is 0.255. The van der Waals surface area contributed by atoms with Crippen molar-refractivity contribution in [3.8, 4) is 23.0 Å². The van der Waals surface area contributed by atoms with Gasteiger partial charge < -0.3 is 24.3 Å². The van der Waals surface area contributed by atoms with Gasteiger partial charge in [-0.05, 0) is 41.5 Å².